The minimum atomic E-state index is 0.806. The van der Waals surface area contributed by atoms with Gasteiger partial charge >= 0.3 is 0 Å². The second-order valence-corrected chi connectivity index (χ2v) is 3.50. The van der Waals surface area contributed by atoms with Crippen LogP contribution in [0.25, 0.3) is 0 Å². The van der Waals surface area contributed by atoms with Crippen molar-refractivity contribution < 1.29 is 4.74 Å². The average molecular weight is 132 g/mol. The molecular weight excluding hydrogens is 120 g/mol. The first-order valence-electron chi connectivity index (χ1n) is 3.04. The van der Waals surface area contributed by atoms with Crippen LogP contribution in [0, 0.1) is 0 Å². The van der Waals surface area contributed by atoms with Gasteiger partial charge in [-0.25, -0.2) is 0 Å². The zero-order valence-electron chi connectivity index (χ0n) is 5.22. The highest BCUT2D eigenvalue weighted by Gasteiger charge is 2.13. The molecule has 1 fully saturated rings. The quantitative estimate of drug-likeness (QED) is 0.563. The van der Waals surface area contributed by atoms with Gasteiger partial charge in [0.25, 0.3) is 0 Å². The summed E-state index contributed by atoms with van der Waals surface area (Å²) in [5.41, 5.74) is 0. The van der Waals surface area contributed by atoms with Crippen molar-refractivity contribution in [2.75, 3.05) is 19.5 Å². The summed E-state index contributed by atoms with van der Waals surface area (Å²) in [6, 6.07) is 0. The number of ether oxygens (including phenoxy) is 1. The topological polar surface area (TPSA) is 9.23 Å². The van der Waals surface area contributed by atoms with Gasteiger partial charge in [-0.15, -0.1) is 0 Å². The van der Waals surface area contributed by atoms with E-state index in [-0.39, 0.29) is 0 Å². The second kappa shape index (κ2) is 3.36. The number of rotatable bonds is 2. The van der Waals surface area contributed by atoms with E-state index in [4.69, 9.17) is 4.74 Å². The fraction of sp³-hybridized carbons (Fsp3) is 1.00. The Morgan fingerprint density at radius 1 is 1.75 bits per heavy atom. The van der Waals surface area contributed by atoms with Gasteiger partial charge in [-0.2, -0.15) is 11.8 Å². The Morgan fingerprint density at radius 2 is 2.62 bits per heavy atom. The molecule has 0 aromatic heterocycles. The van der Waals surface area contributed by atoms with E-state index >= 15 is 0 Å². The summed E-state index contributed by atoms with van der Waals surface area (Å²) in [5, 5.41) is 0.806. The summed E-state index contributed by atoms with van der Waals surface area (Å²) in [5.74, 6) is 1.34. The Balaban J connectivity index is 2.06. The van der Waals surface area contributed by atoms with E-state index in [9.17, 15) is 0 Å². The number of methoxy groups -OCH3 is 1. The lowest BCUT2D eigenvalue weighted by molar-refractivity contribution is 0.198. The summed E-state index contributed by atoms with van der Waals surface area (Å²) in [6.45, 7) is 0.949. The van der Waals surface area contributed by atoms with E-state index < -0.39 is 0 Å². The number of thioether (sulfide) groups is 1. The van der Waals surface area contributed by atoms with Gasteiger partial charge in [0.2, 0.25) is 0 Å². The molecule has 2 heteroatoms. The first-order valence-corrected chi connectivity index (χ1v) is 4.09. The van der Waals surface area contributed by atoms with Crippen LogP contribution in [0.4, 0.5) is 0 Å². The van der Waals surface area contributed by atoms with Gasteiger partial charge in [-0.3, -0.25) is 0 Å². The summed E-state index contributed by atoms with van der Waals surface area (Å²) in [4.78, 5) is 0. The van der Waals surface area contributed by atoms with Gasteiger partial charge in [-0.1, -0.05) is 0 Å². The molecule has 1 heterocycles. The smallest absolute Gasteiger partial charge is 0.0581 e. The lowest BCUT2D eigenvalue weighted by Gasteiger charge is -2.03. The molecular formula is C6H12OS. The molecule has 0 N–H and O–H groups in total. The largest absolute Gasteiger partial charge is 0.384 e. The van der Waals surface area contributed by atoms with Crippen molar-refractivity contribution >= 4 is 11.8 Å². The van der Waals surface area contributed by atoms with Crippen molar-refractivity contribution in [2.24, 2.45) is 0 Å². The predicted octanol–water partition coefficient (Wildman–Crippen LogP) is 1.53. The van der Waals surface area contributed by atoms with Crippen LogP contribution in [-0.4, -0.2) is 24.7 Å². The van der Waals surface area contributed by atoms with Crippen molar-refractivity contribution in [3.05, 3.63) is 0 Å². The van der Waals surface area contributed by atoms with Gasteiger partial charge in [0.05, 0.1) is 6.61 Å². The van der Waals surface area contributed by atoms with Gasteiger partial charge in [-0.05, 0) is 18.6 Å². The molecule has 1 aliphatic heterocycles. The Labute approximate surface area is 54.8 Å². The Bertz CT molecular complexity index is 59.5. The molecule has 0 spiro atoms. The fourth-order valence-corrected chi connectivity index (χ4v) is 2.19. The van der Waals surface area contributed by atoms with Crippen LogP contribution in [0.5, 0.6) is 0 Å². The molecule has 1 atom stereocenters. The fourth-order valence-electron chi connectivity index (χ4n) is 0.962. The number of hydrogen-bond acceptors (Lipinski definition) is 2. The molecule has 1 unspecified atom stereocenters. The highest BCUT2D eigenvalue weighted by molar-refractivity contribution is 8.00. The minimum Gasteiger partial charge on any atom is -0.384 e. The van der Waals surface area contributed by atoms with E-state index in [0.29, 0.717) is 0 Å². The predicted molar refractivity (Wildman–Crippen MR) is 37.4 cm³/mol. The monoisotopic (exact) mass is 132 g/mol. The lowest BCUT2D eigenvalue weighted by atomic mass is 10.3. The summed E-state index contributed by atoms with van der Waals surface area (Å²) < 4.78 is 5.00. The first-order chi connectivity index (χ1) is 3.93. The molecule has 0 aromatic rings. The van der Waals surface area contributed by atoms with Crippen LogP contribution in [0.2, 0.25) is 0 Å². The lowest BCUT2D eigenvalue weighted by Crippen LogP contribution is -2.04. The first kappa shape index (κ1) is 6.43. The number of hydrogen-bond donors (Lipinski definition) is 0. The van der Waals surface area contributed by atoms with Crippen molar-refractivity contribution in [2.45, 2.75) is 18.1 Å². The van der Waals surface area contributed by atoms with Crippen LogP contribution in [0.15, 0.2) is 0 Å². The normalized spacial score (nSPS) is 28.9. The maximum atomic E-state index is 5.00. The zero-order chi connectivity index (χ0) is 5.82. The van der Waals surface area contributed by atoms with Crippen LogP contribution in [0.3, 0.4) is 0 Å². The molecule has 0 saturated carbocycles. The molecule has 1 saturated heterocycles. The van der Waals surface area contributed by atoms with Crippen molar-refractivity contribution in [3.63, 3.8) is 0 Å². The third-order valence-electron chi connectivity index (χ3n) is 1.38. The SMILES string of the molecule is COCC1CCCS1. The Kier molecular flexibility index (Phi) is 2.70. The second-order valence-electron chi connectivity index (χ2n) is 2.09. The maximum absolute atomic E-state index is 5.00. The van der Waals surface area contributed by atoms with Gasteiger partial charge in [0.15, 0.2) is 0 Å². The van der Waals surface area contributed by atoms with E-state index in [2.05, 4.69) is 0 Å². The molecule has 48 valence electrons. The summed E-state index contributed by atoms with van der Waals surface area (Å²) >= 11 is 2.04. The van der Waals surface area contributed by atoms with Crippen LogP contribution >= 0.6 is 11.8 Å². The van der Waals surface area contributed by atoms with E-state index in [1.54, 1.807) is 7.11 Å². The van der Waals surface area contributed by atoms with Crippen molar-refractivity contribution in [1.29, 1.82) is 0 Å². The molecule has 1 aliphatic rings. The molecule has 8 heavy (non-hydrogen) atoms. The molecule has 0 bridgehead atoms. The van der Waals surface area contributed by atoms with Gasteiger partial charge in [0, 0.05) is 12.4 Å². The highest BCUT2D eigenvalue weighted by Crippen LogP contribution is 2.25. The highest BCUT2D eigenvalue weighted by atomic mass is 32.2. The third-order valence-corrected chi connectivity index (χ3v) is 2.74. The van der Waals surface area contributed by atoms with Crippen LogP contribution in [0.1, 0.15) is 12.8 Å². The maximum Gasteiger partial charge on any atom is 0.0581 e. The standard InChI is InChI=1S/C6H12OS/c1-7-5-6-3-2-4-8-6/h6H,2-5H2,1H3. The molecule has 0 aromatic carbocycles. The molecule has 0 aliphatic carbocycles. The summed E-state index contributed by atoms with van der Waals surface area (Å²) in [6.07, 6.45) is 2.75. The van der Waals surface area contributed by atoms with Crippen LogP contribution in [-0.2, 0) is 4.74 Å². The van der Waals surface area contributed by atoms with Gasteiger partial charge < -0.3 is 4.74 Å². The summed E-state index contributed by atoms with van der Waals surface area (Å²) in [7, 11) is 1.78. The Morgan fingerprint density at radius 3 is 3.12 bits per heavy atom. The average Bonchev–Trinajstić information content (AvgIpc) is 2.19. The molecule has 1 rings (SSSR count). The molecule has 0 radical (unpaired) electrons. The Hall–Kier alpha value is 0.310. The molecule has 0 amide bonds. The van der Waals surface area contributed by atoms with E-state index in [0.717, 1.165) is 11.9 Å². The minimum absolute atomic E-state index is 0.806. The zero-order valence-corrected chi connectivity index (χ0v) is 6.04. The molecule has 1 nitrogen and oxygen atoms in total. The van der Waals surface area contributed by atoms with Crippen molar-refractivity contribution in [1.82, 2.24) is 0 Å². The van der Waals surface area contributed by atoms with Gasteiger partial charge in [0.1, 0.15) is 0 Å². The third kappa shape index (κ3) is 1.67. The van der Waals surface area contributed by atoms with E-state index in [1.165, 1.54) is 18.6 Å². The van der Waals surface area contributed by atoms with Crippen LogP contribution < -0.4 is 0 Å². The van der Waals surface area contributed by atoms with Crippen molar-refractivity contribution in [3.8, 4) is 0 Å². The van der Waals surface area contributed by atoms with E-state index in [1.807, 2.05) is 11.8 Å².